The fourth-order valence-electron chi connectivity index (χ4n) is 3.66. The van der Waals surface area contributed by atoms with Crippen LogP contribution in [0.3, 0.4) is 0 Å². The number of aryl methyl sites for hydroxylation is 1. The largest absolute Gasteiger partial charge is 0.354 e. The Balaban J connectivity index is 1.38. The van der Waals surface area contributed by atoms with Crippen LogP contribution in [0.4, 0.5) is 0 Å². The fourth-order valence-corrected chi connectivity index (χ4v) is 3.66. The Hall–Kier alpha value is -3.02. The van der Waals surface area contributed by atoms with Gasteiger partial charge in [0.1, 0.15) is 6.54 Å². The number of tetrazole rings is 1. The second-order valence-electron chi connectivity index (χ2n) is 7.24. The average molecular weight is 361 g/mol. The van der Waals surface area contributed by atoms with Crippen LogP contribution in [0.1, 0.15) is 30.4 Å². The van der Waals surface area contributed by atoms with Crippen LogP contribution in [0.15, 0.2) is 54.6 Å². The van der Waals surface area contributed by atoms with Crippen LogP contribution >= 0.6 is 0 Å². The lowest BCUT2D eigenvalue weighted by Gasteiger charge is -2.42. The summed E-state index contributed by atoms with van der Waals surface area (Å²) in [6.07, 6.45) is 3.42. The van der Waals surface area contributed by atoms with Gasteiger partial charge >= 0.3 is 0 Å². The summed E-state index contributed by atoms with van der Waals surface area (Å²) in [5, 5.41) is 15.5. The van der Waals surface area contributed by atoms with Crippen LogP contribution in [-0.4, -0.2) is 32.7 Å². The Morgan fingerprint density at radius 3 is 2.56 bits per heavy atom. The molecule has 0 spiro atoms. The van der Waals surface area contributed by atoms with Crippen molar-refractivity contribution < 1.29 is 4.79 Å². The smallest absolute Gasteiger partial charge is 0.243 e. The molecule has 0 aliphatic heterocycles. The summed E-state index contributed by atoms with van der Waals surface area (Å²) in [4.78, 5) is 13.8. The van der Waals surface area contributed by atoms with Crippen molar-refractivity contribution in [1.29, 1.82) is 0 Å². The summed E-state index contributed by atoms with van der Waals surface area (Å²) in [5.41, 5.74) is 3.38. The van der Waals surface area contributed by atoms with E-state index in [2.05, 4.69) is 45.0 Å². The summed E-state index contributed by atoms with van der Waals surface area (Å²) in [6.45, 7) is 2.73. The third-order valence-corrected chi connectivity index (χ3v) is 5.44. The summed E-state index contributed by atoms with van der Waals surface area (Å²) in [7, 11) is 0. The van der Waals surface area contributed by atoms with Gasteiger partial charge in [0.15, 0.2) is 0 Å². The first-order valence-corrected chi connectivity index (χ1v) is 9.32. The molecule has 1 aliphatic carbocycles. The molecule has 1 aliphatic rings. The molecular formula is C21H23N5O. The quantitative estimate of drug-likeness (QED) is 0.733. The molecule has 6 nitrogen and oxygen atoms in total. The minimum absolute atomic E-state index is 0.0685. The fraction of sp³-hybridized carbons (Fsp3) is 0.333. The molecule has 1 fully saturated rings. The number of hydrogen-bond acceptors (Lipinski definition) is 4. The van der Waals surface area contributed by atoms with E-state index in [0.29, 0.717) is 12.4 Å². The molecule has 2 aromatic carbocycles. The lowest BCUT2D eigenvalue weighted by atomic mass is 9.64. The normalized spacial score (nSPS) is 15.1. The molecule has 3 aromatic rings. The molecule has 6 heteroatoms. The third-order valence-electron chi connectivity index (χ3n) is 5.44. The first kappa shape index (κ1) is 17.4. The lowest BCUT2D eigenvalue weighted by Crippen LogP contribution is -2.46. The van der Waals surface area contributed by atoms with Crippen LogP contribution in [0.25, 0.3) is 11.4 Å². The van der Waals surface area contributed by atoms with Crippen molar-refractivity contribution in [3.05, 3.63) is 65.7 Å². The molecule has 1 N–H and O–H groups in total. The van der Waals surface area contributed by atoms with Gasteiger partial charge in [0, 0.05) is 17.5 Å². The minimum atomic E-state index is -0.0917. The van der Waals surface area contributed by atoms with Crippen LogP contribution < -0.4 is 5.32 Å². The highest BCUT2D eigenvalue weighted by Gasteiger charge is 2.38. The van der Waals surface area contributed by atoms with E-state index in [-0.39, 0.29) is 17.9 Å². The number of nitrogens with zero attached hydrogens (tertiary/aromatic N) is 4. The molecule has 0 saturated heterocycles. The van der Waals surface area contributed by atoms with Gasteiger partial charge in [0.05, 0.1) is 0 Å². The van der Waals surface area contributed by atoms with E-state index < -0.39 is 0 Å². The maximum absolute atomic E-state index is 12.4. The van der Waals surface area contributed by atoms with Gasteiger partial charge in [-0.25, -0.2) is 0 Å². The van der Waals surface area contributed by atoms with E-state index in [1.54, 1.807) is 0 Å². The molecule has 1 aromatic heterocycles. The second kappa shape index (κ2) is 7.31. The Morgan fingerprint density at radius 2 is 1.85 bits per heavy atom. The van der Waals surface area contributed by atoms with E-state index >= 15 is 0 Å². The molecule has 0 radical (unpaired) electrons. The van der Waals surface area contributed by atoms with Gasteiger partial charge in [-0.2, -0.15) is 4.80 Å². The van der Waals surface area contributed by atoms with Crippen molar-refractivity contribution in [1.82, 2.24) is 25.5 Å². The number of nitrogens with one attached hydrogen (secondary N) is 1. The zero-order valence-corrected chi connectivity index (χ0v) is 15.4. The third kappa shape index (κ3) is 3.60. The SMILES string of the molecule is Cc1ccccc1-c1nnn(CC(=O)NCC2(c3ccccc3)CCC2)n1. The second-order valence-corrected chi connectivity index (χ2v) is 7.24. The predicted octanol–water partition coefficient (Wildman–Crippen LogP) is 2.89. The van der Waals surface area contributed by atoms with Gasteiger partial charge in [0.25, 0.3) is 0 Å². The van der Waals surface area contributed by atoms with Crippen LogP contribution in [0.2, 0.25) is 0 Å². The van der Waals surface area contributed by atoms with Gasteiger partial charge in [-0.05, 0) is 36.1 Å². The van der Waals surface area contributed by atoms with Crippen molar-refractivity contribution in [3.63, 3.8) is 0 Å². The minimum Gasteiger partial charge on any atom is -0.354 e. The molecular weight excluding hydrogens is 338 g/mol. The number of carbonyl (C=O) groups is 1. The predicted molar refractivity (Wildman–Crippen MR) is 103 cm³/mol. The van der Waals surface area contributed by atoms with Crippen LogP contribution in [0, 0.1) is 6.92 Å². The number of carbonyl (C=O) groups excluding carboxylic acids is 1. The molecule has 138 valence electrons. The summed E-state index contributed by atoms with van der Waals surface area (Å²) in [6, 6.07) is 18.3. The van der Waals surface area contributed by atoms with Crippen molar-refractivity contribution in [3.8, 4) is 11.4 Å². The van der Waals surface area contributed by atoms with Crippen LogP contribution in [0.5, 0.6) is 0 Å². The highest BCUT2D eigenvalue weighted by molar-refractivity contribution is 5.75. The number of amides is 1. The number of rotatable bonds is 6. The zero-order valence-electron chi connectivity index (χ0n) is 15.4. The average Bonchev–Trinajstić information content (AvgIpc) is 3.10. The maximum Gasteiger partial charge on any atom is 0.243 e. The standard InChI is InChI=1S/C21H23N5O/c1-16-8-5-6-11-18(16)20-23-25-26(24-20)14-19(27)22-15-21(12-7-13-21)17-9-3-2-4-10-17/h2-6,8-11H,7,12-15H2,1H3,(H,22,27). The topological polar surface area (TPSA) is 72.7 Å². The summed E-state index contributed by atoms with van der Waals surface area (Å²) >= 11 is 0. The maximum atomic E-state index is 12.4. The molecule has 1 heterocycles. The zero-order chi connectivity index (χ0) is 18.7. The van der Waals surface area contributed by atoms with E-state index in [9.17, 15) is 4.79 Å². The number of benzene rings is 2. The lowest BCUT2D eigenvalue weighted by molar-refractivity contribution is -0.122. The van der Waals surface area contributed by atoms with E-state index in [0.717, 1.165) is 24.0 Å². The molecule has 0 atom stereocenters. The van der Waals surface area contributed by atoms with Crippen molar-refractivity contribution >= 4 is 5.91 Å². The van der Waals surface area contributed by atoms with Gasteiger partial charge in [-0.1, -0.05) is 61.0 Å². The highest BCUT2D eigenvalue weighted by Crippen LogP contribution is 2.43. The van der Waals surface area contributed by atoms with Crippen molar-refractivity contribution in [2.24, 2.45) is 0 Å². The van der Waals surface area contributed by atoms with E-state index in [1.165, 1.54) is 16.8 Å². The van der Waals surface area contributed by atoms with E-state index in [4.69, 9.17) is 0 Å². The van der Waals surface area contributed by atoms with Crippen molar-refractivity contribution in [2.75, 3.05) is 6.54 Å². The Bertz CT molecular complexity index is 931. The molecule has 27 heavy (non-hydrogen) atoms. The van der Waals surface area contributed by atoms with E-state index in [1.807, 2.05) is 37.3 Å². The molecule has 0 unspecified atom stereocenters. The molecule has 1 amide bonds. The Labute approximate surface area is 158 Å². The van der Waals surface area contributed by atoms with Crippen molar-refractivity contribution in [2.45, 2.75) is 38.1 Å². The number of aromatic nitrogens is 4. The first-order chi connectivity index (χ1) is 13.2. The molecule has 1 saturated carbocycles. The van der Waals surface area contributed by atoms with Gasteiger partial charge < -0.3 is 5.32 Å². The Kier molecular flexibility index (Phi) is 4.71. The summed E-state index contributed by atoms with van der Waals surface area (Å²) < 4.78 is 0. The first-order valence-electron chi connectivity index (χ1n) is 9.32. The van der Waals surface area contributed by atoms with Gasteiger partial charge in [-0.3, -0.25) is 4.79 Å². The van der Waals surface area contributed by atoms with Gasteiger partial charge in [-0.15, -0.1) is 10.2 Å². The molecule has 4 rings (SSSR count). The Morgan fingerprint density at radius 1 is 1.11 bits per heavy atom. The van der Waals surface area contributed by atoms with Gasteiger partial charge in [0.2, 0.25) is 11.7 Å². The highest BCUT2D eigenvalue weighted by atomic mass is 16.2. The molecule has 0 bridgehead atoms. The number of hydrogen-bond donors (Lipinski definition) is 1. The summed E-state index contributed by atoms with van der Waals surface area (Å²) in [5.74, 6) is 0.451. The van der Waals surface area contributed by atoms with Crippen LogP contribution in [-0.2, 0) is 16.8 Å². The monoisotopic (exact) mass is 361 g/mol.